The molecule has 8 nitrogen and oxygen atoms in total. The molecule has 0 N–H and O–H groups in total. The van der Waals surface area contributed by atoms with Gasteiger partial charge in [-0.3, -0.25) is 9.59 Å². The molecule has 0 atom stereocenters. The van der Waals surface area contributed by atoms with Crippen LogP contribution in [-0.2, 0) is 9.84 Å². The van der Waals surface area contributed by atoms with Gasteiger partial charge in [0, 0.05) is 42.2 Å². The first-order chi connectivity index (χ1) is 19.4. The lowest BCUT2D eigenvalue weighted by molar-refractivity contribution is 0.0527. The topological polar surface area (TPSA) is 93.2 Å². The summed E-state index contributed by atoms with van der Waals surface area (Å²) >= 11 is 0. The van der Waals surface area contributed by atoms with Gasteiger partial charge < -0.3 is 19.3 Å². The Morgan fingerprint density at radius 3 is 2.05 bits per heavy atom. The number of rotatable bonds is 6. The quantitative estimate of drug-likeness (QED) is 0.412. The summed E-state index contributed by atoms with van der Waals surface area (Å²) in [6.07, 6.45) is 3.44. The Kier molecular flexibility index (Phi) is 7.33. The van der Waals surface area contributed by atoms with E-state index in [2.05, 4.69) is 4.90 Å². The summed E-state index contributed by atoms with van der Waals surface area (Å²) < 4.78 is 36.8. The fourth-order valence-electron chi connectivity index (χ4n) is 5.94. The van der Waals surface area contributed by atoms with Gasteiger partial charge in [0.25, 0.3) is 5.91 Å². The van der Waals surface area contributed by atoms with Crippen molar-refractivity contribution < 1.29 is 27.5 Å². The van der Waals surface area contributed by atoms with Crippen LogP contribution >= 0.6 is 0 Å². The van der Waals surface area contributed by atoms with E-state index in [0.29, 0.717) is 23.1 Å². The minimum atomic E-state index is -3.75. The van der Waals surface area contributed by atoms with Crippen LogP contribution in [0.3, 0.4) is 0 Å². The van der Waals surface area contributed by atoms with Gasteiger partial charge in [-0.15, -0.1) is 0 Å². The molecular weight excluding hydrogens is 528 g/mol. The normalized spacial score (nSPS) is 18.6. The second-order valence-corrected chi connectivity index (χ2v) is 12.6. The number of ketones is 1. The molecule has 0 aromatic heterocycles. The Bertz CT molecular complexity index is 1490. The van der Waals surface area contributed by atoms with Crippen molar-refractivity contribution in [1.29, 1.82) is 0 Å². The fraction of sp³-hybridized carbons (Fsp3) is 0.355. The maximum Gasteiger partial charge on any atom is 0.253 e. The molecule has 1 amide bonds. The lowest BCUT2D eigenvalue weighted by atomic mass is 9.87. The molecular formula is C31H32N2O6S. The van der Waals surface area contributed by atoms with Gasteiger partial charge in [-0.05, 0) is 75.2 Å². The van der Waals surface area contributed by atoms with Gasteiger partial charge in [0.15, 0.2) is 17.3 Å². The second-order valence-electron chi connectivity index (χ2n) is 10.6. The van der Waals surface area contributed by atoms with Crippen molar-refractivity contribution in [2.24, 2.45) is 5.92 Å². The van der Waals surface area contributed by atoms with Crippen LogP contribution in [0.2, 0.25) is 0 Å². The number of Topliss-reactive ketones (excluding diaryl/α,β-unsaturated/α-hetero) is 1. The molecule has 0 saturated carbocycles. The van der Waals surface area contributed by atoms with Crippen molar-refractivity contribution in [2.75, 3.05) is 33.0 Å². The van der Waals surface area contributed by atoms with Crippen LogP contribution in [0.4, 0.5) is 0 Å². The molecule has 3 aliphatic heterocycles. The van der Waals surface area contributed by atoms with Crippen molar-refractivity contribution >= 4 is 21.5 Å². The van der Waals surface area contributed by atoms with Gasteiger partial charge in [-0.25, -0.2) is 8.42 Å². The standard InChI is InChI=1S/C31H32N2O6S/c34-30(22-6-8-26(9-7-22)40(36,37)27-10-11-28-29(20-27)39-21-38-28)23-12-16-32(17-13-23)25-14-18-33(19-15-25)31(35)24-4-2-1-3-5-24/h1-11,20,23,25H,12-19,21H2. The number of benzene rings is 3. The van der Waals surface area contributed by atoms with Crippen molar-refractivity contribution in [3.05, 3.63) is 83.9 Å². The van der Waals surface area contributed by atoms with E-state index in [0.717, 1.165) is 57.4 Å². The molecule has 0 bridgehead atoms. The summed E-state index contributed by atoms with van der Waals surface area (Å²) in [5, 5.41) is 0. The zero-order valence-corrected chi connectivity index (χ0v) is 23.0. The van der Waals surface area contributed by atoms with Gasteiger partial charge in [-0.1, -0.05) is 30.3 Å². The van der Waals surface area contributed by atoms with Crippen LogP contribution < -0.4 is 9.47 Å². The van der Waals surface area contributed by atoms with E-state index in [1.807, 2.05) is 35.2 Å². The summed E-state index contributed by atoms with van der Waals surface area (Å²) in [6, 6.07) is 20.7. The smallest absolute Gasteiger partial charge is 0.253 e. The van der Waals surface area contributed by atoms with Gasteiger partial charge in [0.2, 0.25) is 16.6 Å². The van der Waals surface area contributed by atoms with Crippen LogP contribution in [0.15, 0.2) is 82.6 Å². The first-order valence-electron chi connectivity index (χ1n) is 13.8. The van der Waals surface area contributed by atoms with Gasteiger partial charge in [0.05, 0.1) is 9.79 Å². The molecule has 3 aromatic rings. The zero-order valence-electron chi connectivity index (χ0n) is 22.2. The van der Waals surface area contributed by atoms with E-state index in [4.69, 9.17) is 9.47 Å². The Labute approximate surface area is 234 Å². The lowest BCUT2D eigenvalue weighted by Crippen LogP contribution is -2.49. The van der Waals surface area contributed by atoms with Crippen LogP contribution in [0.25, 0.3) is 0 Å². The van der Waals surface area contributed by atoms with E-state index in [-0.39, 0.29) is 34.2 Å². The molecule has 0 radical (unpaired) electrons. The zero-order chi connectivity index (χ0) is 27.7. The summed E-state index contributed by atoms with van der Waals surface area (Å²) in [4.78, 5) is 30.7. The number of sulfone groups is 1. The van der Waals surface area contributed by atoms with Gasteiger partial charge in [0.1, 0.15) is 0 Å². The second kappa shape index (κ2) is 11.1. The number of piperidine rings is 2. The first kappa shape index (κ1) is 26.5. The minimum Gasteiger partial charge on any atom is -0.454 e. The number of carbonyl (C=O) groups is 2. The van der Waals surface area contributed by atoms with Crippen LogP contribution in [0.5, 0.6) is 11.5 Å². The predicted octanol–water partition coefficient (Wildman–Crippen LogP) is 4.45. The first-order valence-corrected chi connectivity index (χ1v) is 15.3. The number of hydrogen-bond acceptors (Lipinski definition) is 7. The third kappa shape index (κ3) is 5.23. The molecule has 9 heteroatoms. The molecule has 0 aliphatic carbocycles. The molecule has 2 saturated heterocycles. The molecule has 3 aromatic carbocycles. The number of fused-ring (bicyclic) bond motifs is 1. The van der Waals surface area contributed by atoms with Crippen molar-refractivity contribution in [3.63, 3.8) is 0 Å². The number of carbonyl (C=O) groups excluding carboxylic acids is 2. The molecule has 0 unspecified atom stereocenters. The Morgan fingerprint density at radius 2 is 1.35 bits per heavy atom. The Morgan fingerprint density at radius 1 is 0.700 bits per heavy atom. The summed E-state index contributed by atoms with van der Waals surface area (Å²) in [5.41, 5.74) is 1.27. The maximum atomic E-state index is 13.3. The van der Waals surface area contributed by atoms with Crippen LogP contribution in [0.1, 0.15) is 46.4 Å². The largest absolute Gasteiger partial charge is 0.454 e. The van der Waals surface area contributed by atoms with Gasteiger partial charge in [-0.2, -0.15) is 0 Å². The van der Waals surface area contributed by atoms with Crippen molar-refractivity contribution in [3.8, 4) is 11.5 Å². The minimum absolute atomic E-state index is 0.0648. The Balaban J connectivity index is 1.02. The van der Waals surface area contributed by atoms with Crippen LogP contribution in [-0.4, -0.2) is 68.9 Å². The molecule has 208 valence electrons. The highest BCUT2D eigenvalue weighted by Crippen LogP contribution is 2.35. The number of likely N-dealkylation sites (tertiary alicyclic amines) is 2. The molecule has 2 fully saturated rings. The SMILES string of the molecule is O=C(c1ccc(S(=O)(=O)c2ccc3c(c2)OCO3)cc1)C1CCN(C2CCN(C(=O)c3ccccc3)CC2)CC1. The number of amides is 1. The predicted molar refractivity (Wildman–Crippen MR) is 148 cm³/mol. The molecule has 3 aliphatic rings. The number of ether oxygens (including phenoxy) is 2. The molecule has 40 heavy (non-hydrogen) atoms. The average Bonchev–Trinajstić information content (AvgIpc) is 3.49. The monoisotopic (exact) mass is 560 g/mol. The van der Waals surface area contributed by atoms with Crippen molar-refractivity contribution in [1.82, 2.24) is 9.80 Å². The molecule has 0 spiro atoms. The highest BCUT2D eigenvalue weighted by molar-refractivity contribution is 7.91. The highest BCUT2D eigenvalue weighted by atomic mass is 32.2. The summed E-state index contributed by atoms with van der Waals surface area (Å²) in [6.45, 7) is 3.27. The average molecular weight is 561 g/mol. The maximum absolute atomic E-state index is 13.3. The van der Waals surface area contributed by atoms with E-state index in [1.54, 1.807) is 18.2 Å². The summed E-state index contributed by atoms with van der Waals surface area (Å²) in [5.74, 6) is 1.01. The fourth-order valence-corrected chi connectivity index (χ4v) is 7.21. The van der Waals surface area contributed by atoms with Gasteiger partial charge >= 0.3 is 0 Å². The highest BCUT2D eigenvalue weighted by Gasteiger charge is 2.32. The van der Waals surface area contributed by atoms with E-state index in [1.165, 1.54) is 24.3 Å². The van der Waals surface area contributed by atoms with E-state index < -0.39 is 9.84 Å². The van der Waals surface area contributed by atoms with Crippen LogP contribution in [0, 0.1) is 5.92 Å². The summed E-state index contributed by atoms with van der Waals surface area (Å²) in [7, 11) is -3.75. The van der Waals surface area contributed by atoms with E-state index >= 15 is 0 Å². The van der Waals surface area contributed by atoms with Crippen molar-refractivity contribution in [2.45, 2.75) is 41.5 Å². The lowest BCUT2D eigenvalue weighted by Gasteiger charge is -2.41. The molecule has 6 rings (SSSR count). The third-order valence-corrected chi connectivity index (χ3v) is 10.1. The molecule has 3 heterocycles. The number of hydrogen-bond donors (Lipinski definition) is 0. The Hall–Kier alpha value is -3.69. The third-order valence-electron chi connectivity index (χ3n) is 8.29. The number of nitrogens with zero attached hydrogens (tertiary/aromatic N) is 2. The van der Waals surface area contributed by atoms with E-state index in [9.17, 15) is 18.0 Å².